The summed E-state index contributed by atoms with van der Waals surface area (Å²) in [4.78, 5) is 0. The molecule has 0 heterocycles. The first kappa shape index (κ1) is 15.5. The standard InChI is InChI=1S/C22H16Cl2/c1-14-10-17(21-9-7-19(23)13-22(21)24)6-8-20(14)18-11-15-4-2-3-5-16(15)12-18/h2-11,13H,12H2,1H3. The summed E-state index contributed by atoms with van der Waals surface area (Å²) in [7, 11) is 0. The molecule has 2 heteroatoms. The maximum atomic E-state index is 6.35. The molecule has 0 atom stereocenters. The zero-order chi connectivity index (χ0) is 16.7. The van der Waals surface area contributed by atoms with Gasteiger partial charge in [0.05, 0.1) is 0 Å². The fourth-order valence-corrected chi connectivity index (χ4v) is 3.89. The third-order valence-electron chi connectivity index (χ3n) is 4.58. The molecule has 0 bridgehead atoms. The third kappa shape index (κ3) is 2.77. The minimum Gasteiger partial charge on any atom is -0.0843 e. The lowest BCUT2D eigenvalue weighted by atomic mass is 9.95. The molecule has 0 nitrogen and oxygen atoms in total. The largest absolute Gasteiger partial charge is 0.0843 e. The van der Waals surface area contributed by atoms with Crippen molar-refractivity contribution in [2.24, 2.45) is 0 Å². The Morgan fingerprint density at radius 1 is 0.833 bits per heavy atom. The van der Waals surface area contributed by atoms with Crippen molar-refractivity contribution in [1.82, 2.24) is 0 Å². The first-order valence-electron chi connectivity index (χ1n) is 7.97. The van der Waals surface area contributed by atoms with Gasteiger partial charge in [-0.2, -0.15) is 0 Å². The summed E-state index contributed by atoms with van der Waals surface area (Å²) in [5.41, 5.74) is 8.81. The maximum Gasteiger partial charge on any atom is 0.0499 e. The Morgan fingerprint density at radius 3 is 2.38 bits per heavy atom. The average molecular weight is 351 g/mol. The molecule has 0 amide bonds. The Labute approximate surface area is 152 Å². The van der Waals surface area contributed by atoms with Crippen LogP contribution in [0.15, 0.2) is 60.7 Å². The van der Waals surface area contributed by atoms with E-state index in [-0.39, 0.29) is 0 Å². The van der Waals surface area contributed by atoms with Crippen LogP contribution in [0, 0.1) is 6.92 Å². The Morgan fingerprint density at radius 2 is 1.62 bits per heavy atom. The number of fused-ring (bicyclic) bond motifs is 1. The van der Waals surface area contributed by atoms with Crippen molar-refractivity contribution in [3.8, 4) is 11.1 Å². The van der Waals surface area contributed by atoms with Crippen LogP contribution in [0.25, 0.3) is 22.8 Å². The predicted molar refractivity (Wildman–Crippen MR) is 105 cm³/mol. The summed E-state index contributed by atoms with van der Waals surface area (Å²) < 4.78 is 0. The van der Waals surface area contributed by atoms with Crippen LogP contribution in [0.3, 0.4) is 0 Å². The number of aryl methyl sites for hydroxylation is 1. The molecule has 0 aliphatic heterocycles. The predicted octanol–water partition coefficient (Wildman–Crippen LogP) is 7.07. The highest BCUT2D eigenvalue weighted by atomic mass is 35.5. The van der Waals surface area contributed by atoms with Crippen LogP contribution in [-0.2, 0) is 6.42 Å². The quantitative estimate of drug-likeness (QED) is 0.463. The van der Waals surface area contributed by atoms with Gasteiger partial charge in [0.2, 0.25) is 0 Å². The number of allylic oxidation sites excluding steroid dienone is 1. The fraction of sp³-hybridized carbons (Fsp3) is 0.0909. The van der Waals surface area contributed by atoms with E-state index in [9.17, 15) is 0 Å². The Balaban J connectivity index is 1.71. The van der Waals surface area contributed by atoms with Crippen LogP contribution in [0.1, 0.15) is 22.3 Å². The minimum absolute atomic E-state index is 0.658. The van der Waals surface area contributed by atoms with E-state index in [4.69, 9.17) is 23.2 Å². The Kier molecular flexibility index (Phi) is 3.96. The zero-order valence-electron chi connectivity index (χ0n) is 13.3. The SMILES string of the molecule is Cc1cc(-c2ccc(Cl)cc2Cl)ccc1C1=Cc2ccccc2C1. The zero-order valence-corrected chi connectivity index (χ0v) is 14.8. The van der Waals surface area contributed by atoms with Crippen molar-refractivity contribution in [3.63, 3.8) is 0 Å². The van der Waals surface area contributed by atoms with Gasteiger partial charge < -0.3 is 0 Å². The lowest BCUT2D eigenvalue weighted by Crippen LogP contribution is -1.91. The maximum absolute atomic E-state index is 6.35. The number of benzene rings is 3. The van der Waals surface area contributed by atoms with Gasteiger partial charge in [-0.3, -0.25) is 0 Å². The van der Waals surface area contributed by atoms with E-state index in [0.29, 0.717) is 10.0 Å². The molecule has 3 aromatic rings. The average Bonchev–Trinajstić information content (AvgIpc) is 2.98. The molecule has 3 aromatic carbocycles. The van der Waals surface area contributed by atoms with Gasteiger partial charge in [-0.15, -0.1) is 0 Å². The minimum atomic E-state index is 0.658. The summed E-state index contributed by atoms with van der Waals surface area (Å²) in [6.45, 7) is 2.16. The molecule has 0 fully saturated rings. The topological polar surface area (TPSA) is 0 Å². The van der Waals surface area contributed by atoms with E-state index < -0.39 is 0 Å². The highest BCUT2D eigenvalue weighted by molar-refractivity contribution is 6.36. The lowest BCUT2D eigenvalue weighted by molar-refractivity contribution is 1.30. The molecule has 0 spiro atoms. The van der Waals surface area contributed by atoms with Crippen molar-refractivity contribution in [2.45, 2.75) is 13.3 Å². The molecular weight excluding hydrogens is 335 g/mol. The monoisotopic (exact) mass is 350 g/mol. The molecule has 0 aromatic heterocycles. The number of hydrogen-bond acceptors (Lipinski definition) is 0. The molecule has 0 saturated heterocycles. The Bertz CT molecular complexity index is 967. The highest BCUT2D eigenvalue weighted by Gasteiger charge is 2.15. The second-order valence-corrected chi connectivity index (χ2v) is 7.04. The van der Waals surface area contributed by atoms with Gasteiger partial charge in [-0.1, -0.05) is 77.8 Å². The summed E-state index contributed by atoms with van der Waals surface area (Å²) in [6, 6.07) is 20.8. The van der Waals surface area contributed by atoms with Crippen molar-refractivity contribution in [1.29, 1.82) is 0 Å². The molecular formula is C22H16Cl2. The van der Waals surface area contributed by atoms with Crippen molar-refractivity contribution < 1.29 is 0 Å². The van der Waals surface area contributed by atoms with Gasteiger partial charge >= 0.3 is 0 Å². The number of hydrogen-bond donors (Lipinski definition) is 0. The van der Waals surface area contributed by atoms with Gasteiger partial charge in [-0.05, 0) is 58.9 Å². The smallest absolute Gasteiger partial charge is 0.0499 e. The van der Waals surface area contributed by atoms with Crippen LogP contribution in [0.4, 0.5) is 0 Å². The van der Waals surface area contributed by atoms with E-state index in [2.05, 4.69) is 55.5 Å². The summed E-state index contributed by atoms with van der Waals surface area (Å²) in [5.74, 6) is 0. The first-order valence-corrected chi connectivity index (χ1v) is 8.72. The normalized spacial score (nSPS) is 12.9. The van der Waals surface area contributed by atoms with Gasteiger partial charge in [0.25, 0.3) is 0 Å². The van der Waals surface area contributed by atoms with Crippen LogP contribution in [0.2, 0.25) is 10.0 Å². The number of rotatable bonds is 2. The van der Waals surface area contributed by atoms with E-state index in [0.717, 1.165) is 17.5 Å². The molecule has 1 aliphatic carbocycles. The van der Waals surface area contributed by atoms with E-state index in [1.165, 1.54) is 27.8 Å². The highest BCUT2D eigenvalue weighted by Crippen LogP contribution is 2.36. The van der Waals surface area contributed by atoms with Gasteiger partial charge in [0.15, 0.2) is 0 Å². The summed E-state index contributed by atoms with van der Waals surface area (Å²) in [5, 5.41) is 1.34. The van der Waals surface area contributed by atoms with Crippen LogP contribution < -0.4 is 0 Å². The summed E-state index contributed by atoms with van der Waals surface area (Å²) in [6.07, 6.45) is 3.30. The first-order chi connectivity index (χ1) is 11.6. The Hall–Kier alpha value is -2.02. The fourth-order valence-electron chi connectivity index (χ4n) is 3.37. The molecule has 1 aliphatic rings. The van der Waals surface area contributed by atoms with Crippen molar-refractivity contribution in [2.75, 3.05) is 0 Å². The lowest BCUT2D eigenvalue weighted by Gasteiger charge is -2.11. The van der Waals surface area contributed by atoms with Gasteiger partial charge in [-0.25, -0.2) is 0 Å². The molecule has 0 saturated carbocycles. The molecule has 0 unspecified atom stereocenters. The second kappa shape index (κ2) is 6.12. The molecule has 4 rings (SSSR count). The van der Waals surface area contributed by atoms with E-state index >= 15 is 0 Å². The molecule has 0 N–H and O–H groups in total. The third-order valence-corrected chi connectivity index (χ3v) is 5.13. The van der Waals surface area contributed by atoms with Gasteiger partial charge in [0.1, 0.15) is 0 Å². The van der Waals surface area contributed by atoms with Crippen LogP contribution in [-0.4, -0.2) is 0 Å². The van der Waals surface area contributed by atoms with E-state index in [1.807, 2.05) is 12.1 Å². The second-order valence-electron chi connectivity index (χ2n) is 6.20. The van der Waals surface area contributed by atoms with Crippen molar-refractivity contribution in [3.05, 3.63) is 93.0 Å². The molecule has 0 radical (unpaired) electrons. The van der Waals surface area contributed by atoms with Crippen LogP contribution in [0.5, 0.6) is 0 Å². The summed E-state index contributed by atoms with van der Waals surface area (Å²) >= 11 is 12.3. The van der Waals surface area contributed by atoms with E-state index in [1.54, 1.807) is 6.07 Å². The number of halogens is 2. The molecule has 118 valence electrons. The molecule has 24 heavy (non-hydrogen) atoms. The van der Waals surface area contributed by atoms with Crippen molar-refractivity contribution >= 4 is 34.9 Å². The van der Waals surface area contributed by atoms with Gasteiger partial charge in [0, 0.05) is 15.6 Å². The van der Waals surface area contributed by atoms with Crippen LogP contribution >= 0.6 is 23.2 Å².